The van der Waals surface area contributed by atoms with E-state index in [1.165, 1.54) is 64.3 Å². The zero-order valence-corrected chi connectivity index (χ0v) is 16.9. The van der Waals surface area contributed by atoms with Crippen molar-refractivity contribution in [1.82, 2.24) is 20.2 Å². The van der Waals surface area contributed by atoms with Gasteiger partial charge >= 0.3 is 0 Å². The summed E-state index contributed by atoms with van der Waals surface area (Å²) >= 11 is 11.6. The number of carbonyl (C=O) groups excluding carboxylic acids is 1. The highest BCUT2D eigenvalue weighted by atomic mass is 35.5. The molecule has 2 aromatic heterocycles. The minimum atomic E-state index is 0. The Labute approximate surface area is 178 Å². The highest BCUT2D eigenvalue weighted by molar-refractivity contribution is 6.32. The van der Waals surface area contributed by atoms with Crippen LogP contribution in [-0.4, -0.2) is 47.3 Å². The maximum absolute atomic E-state index is 10.1. The Balaban J connectivity index is 0.000000227. The standard InChI is InChI=1S/C10H13ClN2.C6H4ClNO.C4H9N.CH4/c11-10-3-4-12-7-9(10)8-13-5-1-2-6-13;7-6-1-2-8-3-5(6)4-9;1-2-4-5-3-1;/h3-4,7H,1-2,5-6,8H2;1-4H;5H,1-4H2;1H4. The van der Waals surface area contributed by atoms with Crippen LogP contribution in [0.1, 0.15) is 49.0 Å². The van der Waals surface area contributed by atoms with E-state index in [9.17, 15) is 4.79 Å². The molecule has 0 saturated carbocycles. The molecule has 1 N–H and O–H groups in total. The molecule has 0 bridgehead atoms. The van der Waals surface area contributed by atoms with Crippen LogP contribution in [0.15, 0.2) is 36.9 Å². The molecule has 5 nitrogen and oxygen atoms in total. The molecule has 2 saturated heterocycles. The minimum absolute atomic E-state index is 0. The van der Waals surface area contributed by atoms with Gasteiger partial charge in [-0.25, -0.2) is 0 Å². The maximum Gasteiger partial charge on any atom is 0.153 e. The summed E-state index contributed by atoms with van der Waals surface area (Å²) < 4.78 is 0. The van der Waals surface area contributed by atoms with Crippen molar-refractivity contribution in [3.63, 3.8) is 0 Å². The van der Waals surface area contributed by atoms with Crippen molar-refractivity contribution in [3.05, 3.63) is 58.1 Å². The number of carbonyl (C=O) groups is 1. The van der Waals surface area contributed by atoms with Crippen LogP contribution in [0.4, 0.5) is 0 Å². The van der Waals surface area contributed by atoms with Crippen molar-refractivity contribution in [2.75, 3.05) is 26.2 Å². The number of pyridine rings is 2. The number of aldehydes is 1. The number of hydrogen-bond donors (Lipinski definition) is 1. The van der Waals surface area contributed by atoms with Crippen LogP contribution in [0, 0.1) is 0 Å². The van der Waals surface area contributed by atoms with Crippen molar-refractivity contribution in [2.24, 2.45) is 0 Å². The highest BCUT2D eigenvalue weighted by Crippen LogP contribution is 2.18. The van der Waals surface area contributed by atoms with Crippen molar-refractivity contribution in [3.8, 4) is 0 Å². The Morgan fingerprint density at radius 3 is 2.04 bits per heavy atom. The first-order valence-corrected chi connectivity index (χ1v) is 10.0. The van der Waals surface area contributed by atoms with Crippen LogP contribution in [0.3, 0.4) is 0 Å². The summed E-state index contributed by atoms with van der Waals surface area (Å²) in [6.07, 6.45) is 12.6. The number of hydrogen-bond acceptors (Lipinski definition) is 5. The predicted molar refractivity (Wildman–Crippen MR) is 117 cm³/mol. The van der Waals surface area contributed by atoms with Crippen LogP contribution in [-0.2, 0) is 6.54 Å². The summed E-state index contributed by atoms with van der Waals surface area (Å²) in [7, 11) is 0. The third kappa shape index (κ3) is 9.11. The Bertz CT molecular complexity index is 682. The topological polar surface area (TPSA) is 58.1 Å². The van der Waals surface area contributed by atoms with Gasteiger partial charge in [-0.05, 0) is 64.0 Å². The molecular weight excluding hydrogens is 395 g/mol. The van der Waals surface area contributed by atoms with E-state index < -0.39 is 0 Å². The van der Waals surface area contributed by atoms with Gasteiger partial charge in [-0.2, -0.15) is 0 Å². The molecule has 4 rings (SSSR count). The summed E-state index contributed by atoms with van der Waals surface area (Å²) in [5.74, 6) is 0. The lowest BCUT2D eigenvalue weighted by Gasteiger charge is -2.14. The van der Waals surface area contributed by atoms with Crippen LogP contribution >= 0.6 is 23.2 Å². The highest BCUT2D eigenvalue weighted by Gasteiger charge is 2.12. The molecule has 0 amide bonds. The first kappa shape index (κ1) is 24.5. The van der Waals surface area contributed by atoms with Gasteiger partial charge < -0.3 is 5.32 Å². The second kappa shape index (κ2) is 14.5. The third-order valence-electron chi connectivity index (χ3n) is 4.32. The van der Waals surface area contributed by atoms with E-state index in [4.69, 9.17) is 23.2 Å². The fraction of sp³-hybridized carbons (Fsp3) is 0.476. The second-order valence-corrected chi connectivity index (χ2v) is 7.24. The SMILES string of the molecule is C.C1CCNC1.Clc1ccncc1CN1CCCC1.O=Cc1cnccc1Cl. The zero-order chi connectivity index (χ0) is 19.3. The summed E-state index contributed by atoms with van der Waals surface area (Å²) in [6.45, 7) is 5.85. The first-order valence-electron chi connectivity index (χ1n) is 9.27. The molecule has 0 radical (unpaired) electrons. The Morgan fingerprint density at radius 2 is 1.57 bits per heavy atom. The quantitative estimate of drug-likeness (QED) is 0.710. The number of nitrogens with zero attached hydrogens (tertiary/aromatic N) is 3. The fourth-order valence-corrected chi connectivity index (χ4v) is 3.12. The van der Waals surface area contributed by atoms with Crippen molar-refractivity contribution >= 4 is 29.5 Å². The third-order valence-corrected chi connectivity index (χ3v) is 5.03. The lowest BCUT2D eigenvalue weighted by Crippen LogP contribution is -2.18. The zero-order valence-electron chi connectivity index (χ0n) is 15.4. The van der Waals surface area contributed by atoms with Crippen molar-refractivity contribution in [2.45, 2.75) is 39.7 Å². The lowest BCUT2D eigenvalue weighted by atomic mass is 10.2. The van der Waals surface area contributed by atoms with Gasteiger partial charge in [-0.15, -0.1) is 0 Å². The second-order valence-electron chi connectivity index (χ2n) is 6.42. The molecule has 2 aliphatic heterocycles. The van der Waals surface area contributed by atoms with E-state index in [2.05, 4.69) is 20.2 Å². The first-order chi connectivity index (χ1) is 13.2. The van der Waals surface area contributed by atoms with E-state index >= 15 is 0 Å². The molecule has 0 aromatic carbocycles. The van der Waals surface area contributed by atoms with Gasteiger partial charge in [0.05, 0.1) is 10.6 Å². The van der Waals surface area contributed by atoms with Gasteiger partial charge in [0.25, 0.3) is 0 Å². The van der Waals surface area contributed by atoms with Gasteiger partial charge in [-0.3, -0.25) is 19.7 Å². The van der Waals surface area contributed by atoms with Gasteiger partial charge in [0.2, 0.25) is 0 Å². The van der Waals surface area contributed by atoms with E-state index in [1.54, 1.807) is 12.3 Å². The number of halogens is 2. The Morgan fingerprint density at radius 1 is 0.964 bits per heavy atom. The normalized spacial score (nSPS) is 15.5. The van der Waals surface area contributed by atoms with Crippen LogP contribution in [0.25, 0.3) is 0 Å². The molecule has 4 heterocycles. The van der Waals surface area contributed by atoms with Gasteiger partial charge in [0.15, 0.2) is 6.29 Å². The van der Waals surface area contributed by atoms with Gasteiger partial charge in [-0.1, -0.05) is 30.6 Å². The molecule has 2 fully saturated rings. The van der Waals surface area contributed by atoms with E-state index in [1.807, 2.05) is 12.3 Å². The number of nitrogens with one attached hydrogen (secondary N) is 1. The number of likely N-dealkylation sites (tertiary alicyclic amines) is 1. The monoisotopic (exact) mass is 424 g/mol. The molecular formula is C21H30Cl2N4O. The number of aromatic nitrogens is 2. The van der Waals surface area contributed by atoms with Crippen LogP contribution in [0.5, 0.6) is 0 Å². The molecule has 154 valence electrons. The maximum atomic E-state index is 10.1. The summed E-state index contributed by atoms with van der Waals surface area (Å²) in [5, 5.41) is 4.50. The smallest absolute Gasteiger partial charge is 0.153 e. The molecule has 0 spiro atoms. The Hall–Kier alpha value is -1.53. The summed E-state index contributed by atoms with van der Waals surface area (Å²) in [6, 6.07) is 3.43. The molecule has 7 heteroatoms. The molecule has 2 aliphatic rings. The Kier molecular flexibility index (Phi) is 12.7. The largest absolute Gasteiger partial charge is 0.317 e. The predicted octanol–water partition coefficient (Wildman–Crippen LogP) is 4.88. The van der Waals surface area contributed by atoms with Crippen LogP contribution in [0.2, 0.25) is 10.0 Å². The van der Waals surface area contributed by atoms with Crippen molar-refractivity contribution in [1.29, 1.82) is 0 Å². The molecule has 28 heavy (non-hydrogen) atoms. The lowest BCUT2D eigenvalue weighted by molar-refractivity contribution is 0.112. The van der Waals surface area contributed by atoms with E-state index in [0.717, 1.165) is 17.1 Å². The van der Waals surface area contributed by atoms with E-state index in [-0.39, 0.29) is 7.43 Å². The summed E-state index contributed by atoms with van der Waals surface area (Å²) in [4.78, 5) is 20.3. The van der Waals surface area contributed by atoms with E-state index in [0.29, 0.717) is 16.9 Å². The average molecular weight is 425 g/mol. The average Bonchev–Trinajstić information content (AvgIpc) is 3.41. The molecule has 0 atom stereocenters. The summed E-state index contributed by atoms with van der Waals surface area (Å²) in [5.41, 5.74) is 1.57. The van der Waals surface area contributed by atoms with Gasteiger partial charge in [0, 0.05) is 41.9 Å². The van der Waals surface area contributed by atoms with Gasteiger partial charge in [0.1, 0.15) is 0 Å². The fourth-order valence-electron chi connectivity index (χ4n) is 2.81. The molecule has 0 unspecified atom stereocenters. The minimum Gasteiger partial charge on any atom is -0.317 e. The molecule has 0 aliphatic carbocycles. The number of rotatable bonds is 3. The van der Waals surface area contributed by atoms with Crippen LogP contribution < -0.4 is 5.32 Å². The molecule has 2 aromatic rings. The van der Waals surface area contributed by atoms with Crippen molar-refractivity contribution < 1.29 is 4.79 Å².